The number of carbonyl (C=O) groups excluding carboxylic acids is 1. The lowest BCUT2D eigenvalue weighted by atomic mass is 10.2. The Balaban J connectivity index is 1.77. The van der Waals surface area contributed by atoms with E-state index in [0.29, 0.717) is 18.1 Å². The molecule has 98 valence electrons. The molecule has 0 aromatic heterocycles. The Hall–Kier alpha value is -1.26. The summed E-state index contributed by atoms with van der Waals surface area (Å²) in [5.41, 5.74) is 0.951. The lowest BCUT2D eigenvalue weighted by Crippen LogP contribution is -2.35. The maximum absolute atomic E-state index is 11.8. The first-order valence-corrected chi connectivity index (χ1v) is 6.50. The number of halogens is 1. The first kappa shape index (κ1) is 13.2. The average Bonchev–Trinajstić information content (AvgIpc) is 2.87. The largest absolute Gasteiger partial charge is 0.506 e. The molecule has 0 unspecified atom stereocenters. The van der Waals surface area contributed by atoms with Crippen molar-refractivity contribution in [3.8, 4) is 5.75 Å². The number of hydrogen-bond donors (Lipinski definition) is 2. The Morgan fingerprint density at radius 2 is 2.11 bits per heavy atom. The van der Waals surface area contributed by atoms with Crippen LogP contribution in [0.5, 0.6) is 5.75 Å². The van der Waals surface area contributed by atoms with Crippen LogP contribution in [0.1, 0.15) is 18.4 Å². The Bertz CT molecular complexity index is 431. The minimum Gasteiger partial charge on any atom is -0.506 e. The second-order valence-electron chi connectivity index (χ2n) is 4.48. The second kappa shape index (κ2) is 6.07. The number of hydrogen-bond acceptors (Lipinski definition) is 3. The van der Waals surface area contributed by atoms with E-state index in [0.717, 1.165) is 31.5 Å². The summed E-state index contributed by atoms with van der Waals surface area (Å²) in [4.78, 5) is 13.6. The van der Waals surface area contributed by atoms with E-state index in [4.69, 9.17) is 11.6 Å². The van der Waals surface area contributed by atoms with Crippen molar-refractivity contribution in [1.82, 2.24) is 10.2 Å². The Labute approximate surface area is 112 Å². The van der Waals surface area contributed by atoms with Gasteiger partial charge in [0.15, 0.2) is 0 Å². The molecule has 1 fully saturated rings. The molecule has 0 bridgehead atoms. The minimum absolute atomic E-state index is 0.0774. The van der Waals surface area contributed by atoms with E-state index < -0.39 is 0 Å². The first-order chi connectivity index (χ1) is 8.66. The van der Waals surface area contributed by atoms with E-state index >= 15 is 0 Å². The molecular formula is C13H17ClN2O2. The van der Waals surface area contributed by atoms with Gasteiger partial charge < -0.3 is 15.3 Å². The van der Waals surface area contributed by atoms with Crippen LogP contribution in [0.15, 0.2) is 18.2 Å². The summed E-state index contributed by atoms with van der Waals surface area (Å²) in [5.74, 6) is 0.228. The van der Waals surface area contributed by atoms with Gasteiger partial charge in [0, 0.05) is 19.6 Å². The molecule has 0 spiro atoms. The number of amides is 1. The molecular weight excluding hydrogens is 252 g/mol. The number of carbonyl (C=O) groups is 1. The van der Waals surface area contributed by atoms with Crippen molar-refractivity contribution in [2.75, 3.05) is 19.6 Å². The van der Waals surface area contributed by atoms with Gasteiger partial charge >= 0.3 is 0 Å². The molecule has 1 aliphatic rings. The van der Waals surface area contributed by atoms with Crippen molar-refractivity contribution < 1.29 is 9.90 Å². The third-order valence-electron chi connectivity index (χ3n) is 3.08. The predicted molar refractivity (Wildman–Crippen MR) is 70.6 cm³/mol. The average molecular weight is 269 g/mol. The second-order valence-corrected chi connectivity index (χ2v) is 4.88. The van der Waals surface area contributed by atoms with Crippen LogP contribution >= 0.6 is 11.6 Å². The number of nitrogens with zero attached hydrogens (tertiary/aromatic N) is 1. The van der Waals surface area contributed by atoms with Crippen molar-refractivity contribution in [3.05, 3.63) is 28.8 Å². The van der Waals surface area contributed by atoms with Crippen LogP contribution in [-0.2, 0) is 11.3 Å². The fraction of sp³-hybridized carbons (Fsp3) is 0.462. The minimum atomic E-state index is 0.0774. The van der Waals surface area contributed by atoms with E-state index in [9.17, 15) is 9.90 Å². The predicted octanol–water partition coefficient (Wildman–Crippen LogP) is 1.76. The fourth-order valence-corrected chi connectivity index (χ4v) is 2.26. The SMILES string of the molecule is O=C(CNCc1ccc(O)c(Cl)c1)N1CCCC1. The number of aromatic hydroxyl groups is 1. The molecule has 2 N–H and O–H groups in total. The molecule has 0 saturated carbocycles. The summed E-state index contributed by atoms with van der Waals surface area (Å²) < 4.78 is 0. The highest BCUT2D eigenvalue weighted by atomic mass is 35.5. The molecule has 1 heterocycles. The van der Waals surface area contributed by atoms with Gasteiger partial charge in [-0.15, -0.1) is 0 Å². The van der Waals surface area contributed by atoms with Crippen molar-refractivity contribution in [2.24, 2.45) is 0 Å². The summed E-state index contributed by atoms with van der Waals surface area (Å²) in [6.07, 6.45) is 2.22. The summed E-state index contributed by atoms with van der Waals surface area (Å²) in [6.45, 7) is 2.68. The van der Waals surface area contributed by atoms with E-state index in [1.807, 2.05) is 4.90 Å². The summed E-state index contributed by atoms with van der Waals surface area (Å²) in [6, 6.07) is 5.04. The number of phenols is 1. The highest BCUT2D eigenvalue weighted by Gasteiger charge is 2.16. The van der Waals surface area contributed by atoms with Crippen LogP contribution in [-0.4, -0.2) is 35.5 Å². The Morgan fingerprint density at radius 1 is 1.39 bits per heavy atom. The van der Waals surface area contributed by atoms with Gasteiger partial charge in [0.05, 0.1) is 11.6 Å². The molecule has 5 heteroatoms. The Morgan fingerprint density at radius 3 is 2.78 bits per heavy atom. The summed E-state index contributed by atoms with van der Waals surface area (Å²) >= 11 is 5.81. The number of nitrogens with one attached hydrogen (secondary N) is 1. The van der Waals surface area contributed by atoms with Crippen LogP contribution < -0.4 is 5.32 Å². The molecule has 0 aliphatic carbocycles. The fourth-order valence-electron chi connectivity index (χ4n) is 2.05. The van der Waals surface area contributed by atoms with Crippen molar-refractivity contribution in [2.45, 2.75) is 19.4 Å². The number of likely N-dealkylation sites (tertiary alicyclic amines) is 1. The van der Waals surface area contributed by atoms with Gasteiger partial charge in [-0.2, -0.15) is 0 Å². The van der Waals surface area contributed by atoms with Gasteiger partial charge in [-0.05, 0) is 30.5 Å². The summed E-state index contributed by atoms with van der Waals surface area (Å²) in [7, 11) is 0. The molecule has 18 heavy (non-hydrogen) atoms. The Kier molecular flexibility index (Phi) is 4.44. The van der Waals surface area contributed by atoms with Crippen LogP contribution in [0.2, 0.25) is 5.02 Å². The molecule has 1 aromatic rings. The highest BCUT2D eigenvalue weighted by molar-refractivity contribution is 6.32. The standard InChI is InChI=1S/C13H17ClN2O2/c14-11-7-10(3-4-12(11)17)8-15-9-13(18)16-5-1-2-6-16/h3-4,7,15,17H,1-2,5-6,8-9H2. The monoisotopic (exact) mass is 268 g/mol. The van der Waals surface area contributed by atoms with E-state index in [1.165, 1.54) is 0 Å². The molecule has 4 nitrogen and oxygen atoms in total. The van der Waals surface area contributed by atoms with Gasteiger partial charge in [-0.1, -0.05) is 17.7 Å². The van der Waals surface area contributed by atoms with Crippen LogP contribution in [0.25, 0.3) is 0 Å². The molecule has 0 atom stereocenters. The number of benzene rings is 1. The van der Waals surface area contributed by atoms with Gasteiger partial charge in [-0.25, -0.2) is 0 Å². The van der Waals surface area contributed by atoms with E-state index in [1.54, 1.807) is 18.2 Å². The molecule has 1 saturated heterocycles. The zero-order valence-corrected chi connectivity index (χ0v) is 10.9. The molecule has 0 radical (unpaired) electrons. The zero-order chi connectivity index (χ0) is 13.0. The first-order valence-electron chi connectivity index (χ1n) is 6.13. The van der Waals surface area contributed by atoms with E-state index in [2.05, 4.69) is 5.32 Å². The van der Waals surface area contributed by atoms with Crippen molar-refractivity contribution in [1.29, 1.82) is 0 Å². The quantitative estimate of drug-likeness (QED) is 0.875. The number of phenolic OH excluding ortho intramolecular Hbond substituents is 1. The van der Waals surface area contributed by atoms with Crippen LogP contribution in [0.3, 0.4) is 0 Å². The molecule has 1 amide bonds. The van der Waals surface area contributed by atoms with E-state index in [-0.39, 0.29) is 11.7 Å². The van der Waals surface area contributed by atoms with Crippen molar-refractivity contribution in [3.63, 3.8) is 0 Å². The number of rotatable bonds is 4. The molecule has 1 aromatic carbocycles. The smallest absolute Gasteiger partial charge is 0.236 e. The highest BCUT2D eigenvalue weighted by Crippen LogP contribution is 2.23. The maximum atomic E-state index is 11.8. The lowest BCUT2D eigenvalue weighted by Gasteiger charge is -2.15. The zero-order valence-electron chi connectivity index (χ0n) is 10.2. The third-order valence-corrected chi connectivity index (χ3v) is 3.38. The lowest BCUT2D eigenvalue weighted by molar-refractivity contribution is -0.129. The third kappa shape index (κ3) is 3.37. The molecule has 1 aliphatic heterocycles. The van der Waals surface area contributed by atoms with Gasteiger partial charge in [-0.3, -0.25) is 4.79 Å². The normalized spacial score (nSPS) is 15.1. The van der Waals surface area contributed by atoms with Gasteiger partial charge in [0.25, 0.3) is 0 Å². The topological polar surface area (TPSA) is 52.6 Å². The van der Waals surface area contributed by atoms with Gasteiger partial charge in [0.1, 0.15) is 5.75 Å². The summed E-state index contributed by atoms with van der Waals surface area (Å²) in [5, 5.41) is 12.7. The van der Waals surface area contributed by atoms with Crippen LogP contribution in [0, 0.1) is 0 Å². The van der Waals surface area contributed by atoms with Gasteiger partial charge in [0.2, 0.25) is 5.91 Å². The molecule has 2 rings (SSSR count). The maximum Gasteiger partial charge on any atom is 0.236 e. The van der Waals surface area contributed by atoms with Crippen molar-refractivity contribution >= 4 is 17.5 Å². The van der Waals surface area contributed by atoms with Crippen LogP contribution in [0.4, 0.5) is 0 Å².